The van der Waals surface area contributed by atoms with Crippen molar-refractivity contribution in [2.24, 2.45) is 0 Å². The number of rotatable bonds is 2. The molecule has 0 bridgehead atoms. The maximum atomic E-state index is 4.31. The number of thiol groups is 2. The normalized spacial score (nSPS) is 10.3. The molecule has 0 nitrogen and oxygen atoms in total. The SMILES string of the molecule is Sc1ccc(Sc2cccc(S)c2)cc1. The van der Waals surface area contributed by atoms with Gasteiger partial charge in [-0.3, -0.25) is 0 Å². The van der Waals surface area contributed by atoms with Crippen molar-refractivity contribution in [1.82, 2.24) is 0 Å². The molecule has 0 N–H and O–H groups in total. The number of hydrogen-bond acceptors (Lipinski definition) is 3. The Hall–Kier alpha value is -0.510. The topological polar surface area (TPSA) is 0 Å². The van der Waals surface area contributed by atoms with Crippen LogP contribution < -0.4 is 0 Å². The van der Waals surface area contributed by atoms with E-state index in [1.807, 2.05) is 24.3 Å². The van der Waals surface area contributed by atoms with Crippen molar-refractivity contribution in [3.8, 4) is 0 Å². The Kier molecular flexibility index (Phi) is 3.67. The summed E-state index contributed by atoms with van der Waals surface area (Å²) in [6, 6.07) is 16.3. The van der Waals surface area contributed by atoms with Crippen molar-refractivity contribution in [1.29, 1.82) is 0 Å². The Balaban J connectivity index is 2.18. The molecule has 0 fully saturated rings. The molecule has 2 rings (SSSR count). The third kappa shape index (κ3) is 3.23. The fraction of sp³-hybridized carbons (Fsp3) is 0. The fourth-order valence-corrected chi connectivity index (χ4v) is 2.54. The standard InChI is InChI=1S/C12H10S3/c13-9-4-6-11(7-5-9)15-12-3-1-2-10(14)8-12/h1-8,13-14H. The highest BCUT2D eigenvalue weighted by molar-refractivity contribution is 7.99. The molecule has 0 saturated heterocycles. The van der Waals surface area contributed by atoms with Gasteiger partial charge in [-0.25, -0.2) is 0 Å². The van der Waals surface area contributed by atoms with Gasteiger partial charge in [0.15, 0.2) is 0 Å². The van der Waals surface area contributed by atoms with Gasteiger partial charge in [0, 0.05) is 19.6 Å². The molecule has 0 saturated carbocycles. The Bertz CT molecular complexity index is 449. The van der Waals surface area contributed by atoms with Gasteiger partial charge in [0.1, 0.15) is 0 Å². The van der Waals surface area contributed by atoms with Crippen LogP contribution in [0.4, 0.5) is 0 Å². The van der Waals surface area contributed by atoms with E-state index >= 15 is 0 Å². The molecule has 0 aliphatic rings. The van der Waals surface area contributed by atoms with Crippen LogP contribution in [0.3, 0.4) is 0 Å². The summed E-state index contributed by atoms with van der Waals surface area (Å²) in [7, 11) is 0. The second-order valence-electron chi connectivity index (χ2n) is 3.09. The van der Waals surface area contributed by atoms with Crippen molar-refractivity contribution in [2.45, 2.75) is 19.6 Å². The second-order valence-corrected chi connectivity index (χ2v) is 5.27. The smallest absolute Gasteiger partial charge is 0.0133 e. The maximum Gasteiger partial charge on any atom is 0.0133 e. The maximum absolute atomic E-state index is 4.31. The zero-order chi connectivity index (χ0) is 10.7. The molecule has 2 aromatic rings. The molecule has 0 aliphatic heterocycles. The van der Waals surface area contributed by atoms with Gasteiger partial charge in [-0.15, -0.1) is 25.3 Å². The first-order chi connectivity index (χ1) is 7.24. The molecule has 76 valence electrons. The summed E-state index contributed by atoms with van der Waals surface area (Å²) < 4.78 is 0. The third-order valence-electron chi connectivity index (χ3n) is 1.89. The molecule has 0 heterocycles. The summed E-state index contributed by atoms with van der Waals surface area (Å²) in [6.45, 7) is 0. The highest BCUT2D eigenvalue weighted by Crippen LogP contribution is 2.29. The molecule has 0 aromatic heterocycles. The van der Waals surface area contributed by atoms with E-state index in [1.165, 1.54) is 9.79 Å². The molecule has 0 aliphatic carbocycles. The van der Waals surface area contributed by atoms with E-state index in [9.17, 15) is 0 Å². The van der Waals surface area contributed by atoms with E-state index in [0.717, 1.165) is 9.79 Å². The highest BCUT2D eigenvalue weighted by atomic mass is 32.2. The van der Waals surface area contributed by atoms with Crippen LogP contribution in [0.1, 0.15) is 0 Å². The molecule has 0 unspecified atom stereocenters. The summed E-state index contributed by atoms with van der Waals surface area (Å²) in [5.41, 5.74) is 0. The first-order valence-electron chi connectivity index (χ1n) is 4.50. The van der Waals surface area contributed by atoms with Crippen molar-refractivity contribution >= 4 is 37.0 Å². The minimum absolute atomic E-state index is 0.988. The second kappa shape index (κ2) is 5.01. The Morgan fingerprint density at radius 1 is 0.733 bits per heavy atom. The summed E-state index contributed by atoms with van der Waals surface area (Å²) in [5, 5.41) is 0. The predicted molar refractivity (Wildman–Crippen MR) is 71.5 cm³/mol. The van der Waals surface area contributed by atoms with Crippen LogP contribution in [0.15, 0.2) is 68.1 Å². The van der Waals surface area contributed by atoms with Crippen molar-refractivity contribution in [3.05, 3.63) is 48.5 Å². The van der Waals surface area contributed by atoms with Gasteiger partial charge in [0.2, 0.25) is 0 Å². The monoisotopic (exact) mass is 250 g/mol. The lowest BCUT2D eigenvalue weighted by Gasteiger charge is -2.02. The lowest BCUT2D eigenvalue weighted by Crippen LogP contribution is -1.74. The summed E-state index contributed by atoms with van der Waals surface area (Å²) in [5.74, 6) is 0. The highest BCUT2D eigenvalue weighted by Gasteiger charge is 1.97. The van der Waals surface area contributed by atoms with E-state index in [-0.39, 0.29) is 0 Å². The Labute approximate surface area is 105 Å². The van der Waals surface area contributed by atoms with Gasteiger partial charge >= 0.3 is 0 Å². The van der Waals surface area contributed by atoms with Crippen molar-refractivity contribution in [3.63, 3.8) is 0 Å². The summed E-state index contributed by atoms with van der Waals surface area (Å²) in [4.78, 5) is 4.40. The molecule has 15 heavy (non-hydrogen) atoms. The zero-order valence-corrected chi connectivity index (χ0v) is 10.5. The van der Waals surface area contributed by atoms with Gasteiger partial charge in [0.25, 0.3) is 0 Å². The first kappa shape index (κ1) is 11.0. The van der Waals surface area contributed by atoms with Crippen LogP contribution in [-0.4, -0.2) is 0 Å². The van der Waals surface area contributed by atoms with Crippen LogP contribution in [0.2, 0.25) is 0 Å². The lowest BCUT2D eigenvalue weighted by molar-refractivity contribution is 1.31. The molecule has 0 atom stereocenters. The van der Waals surface area contributed by atoms with E-state index in [2.05, 4.69) is 49.5 Å². The third-order valence-corrected chi connectivity index (χ3v) is 3.46. The molecule has 2 aromatic carbocycles. The van der Waals surface area contributed by atoms with Gasteiger partial charge in [0.05, 0.1) is 0 Å². The van der Waals surface area contributed by atoms with E-state index in [4.69, 9.17) is 0 Å². The van der Waals surface area contributed by atoms with Crippen LogP contribution in [-0.2, 0) is 0 Å². The molecular formula is C12H10S3. The van der Waals surface area contributed by atoms with Crippen molar-refractivity contribution < 1.29 is 0 Å². The summed E-state index contributed by atoms with van der Waals surface area (Å²) >= 11 is 10.3. The molecule has 0 radical (unpaired) electrons. The number of hydrogen-bond donors (Lipinski definition) is 2. The summed E-state index contributed by atoms with van der Waals surface area (Å²) in [6.07, 6.45) is 0. The molecule has 3 heteroatoms. The average Bonchev–Trinajstić information content (AvgIpc) is 2.22. The average molecular weight is 250 g/mol. The van der Waals surface area contributed by atoms with Crippen LogP contribution >= 0.6 is 37.0 Å². The Morgan fingerprint density at radius 2 is 1.47 bits per heavy atom. The van der Waals surface area contributed by atoms with Crippen LogP contribution in [0.25, 0.3) is 0 Å². The van der Waals surface area contributed by atoms with Gasteiger partial charge in [-0.05, 0) is 42.5 Å². The van der Waals surface area contributed by atoms with Gasteiger partial charge in [-0.2, -0.15) is 0 Å². The zero-order valence-electron chi connectivity index (χ0n) is 7.92. The van der Waals surface area contributed by atoms with Crippen molar-refractivity contribution in [2.75, 3.05) is 0 Å². The van der Waals surface area contributed by atoms with Gasteiger partial charge < -0.3 is 0 Å². The minimum atomic E-state index is 0.988. The lowest BCUT2D eigenvalue weighted by atomic mass is 10.4. The van der Waals surface area contributed by atoms with E-state index in [1.54, 1.807) is 11.8 Å². The molecular weight excluding hydrogens is 240 g/mol. The number of benzene rings is 2. The van der Waals surface area contributed by atoms with E-state index < -0.39 is 0 Å². The fourth-order valence-electron chi connectivity index (χ4n) is 1.20. The van der Waals surface area contributed by atoms with Crippen LogP contribution in [0, 0.1) is 0 Å². The predicted octanol–water partition coefficient (Wildman–Crippen LogP) is 4.42. The first-order valence-corrected chi connectivity index (χ1v) is 6.21. The quantitative estimate of drug-likeness (QED) is 0.744. The molecule has 0 spiro atoms. The van der Waals surface area contributed by atoms with Gasteiger partial charge in [-0.1, -0.05) is 17.8 Å². The molecule has 0 amide bonds. The Morgan fingerprint density at radius 3 is 2.13 bits per heavy atom. The largest absolute Gasteiger partial charge is 0.143 e. The van der Waals surface area contributed by atoms with E-state index in [0.29, 0.717) is 0 Å². The minimum Gasteiger partial charge on any atom is -0.143 e. The van der Waals surface area contributed by atoms with Crippen LogP contribution in [0.5, 0.6) is 0 Å².